The van der Waals surface area contributed by atoms with Gasteiger partial charge < -0.3 is 9.47 Å². The van der Waals surface area contributed by atoms with Crippen LogP contribution in [0.5, 0.6) is 11.5 Å². The van der Waals surface area contributed by atoms with Gasteiger partial charge in [0.25, 0.3) is 0 Å². The van der Waals surface area contributed by atoms with Crippen LogP contribution in [0.1, 0.15) is 51.5 Å². The fourth-order valence-electron chi connectivity index (χ4n) is 2.61. The molecule has 0 saturated carbocycles. The van der Waals surface area contributed by atoms with E-state index in [1.54, 1.807) is 6.07 Å². The van der Waals surface area contributed by atoms with Gasteiger partial charge in [0.2, 0.25) is 5.60 Å². The number of fused-ring (bicyclic) bond motifs is 1. The Kier molecular flexibility index (Phi) is 6.07. The quantitative estimate of drug-likeness (QED) is 0.521. The lowest BCUT2D eigenvalue weighted by atomic mass is 9.94. The van der Waals surface area contributed by atoms with Crippen LogP contribution >= 0.6 is 11.6 Å². The Morgan fingerprint density at radius 3 is 2.54 bits per heavy atom. The van der Waals surface area contributed by atoms with E-state index in [9.17, 15) is 13.2 Å². The Hall–Kier alpha value is -1.36. The highest BCUT2D eigenvalue weighted by atomic mass is 35.5. The molecule has 1 heterocycles. The van der Waals surface area contributed by atoms with E-state index >= 15 is 0 Å². The van der Waals surface area contributed by atoms with E-state index in [0.717, 1.165) is 31.8 Å². The first-order valence-corrected chi connectivity index (χ1v) is 8.62. The summed E-state index contributed by atoms with van der Waals surface area (Å²) in [5.74, 6) is 0.594. The normalized spacial score (nSPS) is 19.8. The second kappa shape index (κ2) is 7.68. The molecule has 1 aromatic carbocycles. The molecule has 0 spiro atoms. The van der Waals surface area contributed by atoms with Crippen LogP contribution in [0.25, 0.3) is 6.08 Å². The summed E-state index contributed by atoms with van der Waals surface area (Å²) in [6, 6.07) is 3.17. The maximum Gasteiger partial charge on any atom is 0.432 e. The minimum atomic E-state index is -4.51. The van der Waals surface area contributed by atoms with E-state index in [1.165, 1.54) is 19.1 Å². The van der Waals surface area contributed by atoms with Crippen molar-refractivity contribution in [2.24, 2.45) is 0 Å². The number of alkyl halides is 3. The highest BCUT2D eigenvalue weighted by molar-refractivity contribution is 6.32. The summed E-state index contributed by atoms with van der Waals surface area (Å²) in [7, 11) is 0. The predicted octanol–water partition coefficient (Wildman–Crippen LogP) is 6.42. The molecule has 0 radical (unpaired) electrons. The standard InChI is InChI=1S/C18H22ClF3O2/c1-3-5-6-7-10-23-14-11-13-8-9-17(4-2,18(20,21)22)24-16(13)15(19)12-14/h8-9,11-12H,3-7,10H2,1-2H3. The molecular formula is C18H22ClF3O2. The zero-order valence-electron chi connectivity index (χ0n) is 13.9. The van der Waals surface area contributed by atoms with Crippen LogP contribution < -0.4 is 9.47 Å². The largest absolute Gasteiger partial charge is 0.494 e. The molecular weight excluding hydrogens is 341 g/mol. The molecule has 2 nitrogen and oxygen atoms in total. The first kappa shape index (κ1) is 19.0. The van der Waals surface area contributed by atoms with E-state index in [4.69, 9.17) is 21.1 Å². The van der Waals surface area contributed by atoms with Crippen LogP contribution in [0, 0.1) is 0 Å². The van der Waals surface area contributed by atoms with Crippen molar-refractivity contribution in [2.45, 2.75) is 57.7 Å². The summed E-state index contributed by atoms with van der Waals surface area (Å²) in [6.45, 7) is 4.12. The summed E-state index contributed by atoms with van der Waals surface area (Å²) < 4.78 is 50.9. The summed E-state index contributed by atoms with van der Waals surface area (Å²) in [4.78, 5) is 0. The molecule has 1 aliphatic rings. The predicted molar refractivity (Wildman–Crippen MR) is 89.8 cm³/mol. The third-order valence-corrected chi connectivity index (χ3v) is 4.41. The zero-order valence-corrected chi connectivity index (χ0v) is 14.6. The monoisotopic (exact) mass is 362 g/mol. The number of hydrogen-bond donors (Lipinski definition) is 0. The molecule has 0 amide bonds. The number of hydrogen-bond acceptors (Lipinski definition) is 2. The van der Waals surface area contributed by atoms with Crippen molar-refractivity contribution in [2.75, 3.05) is 6.61 Å². The van der Waals surface area contributed by atoms with Gasteiger partial charge in [-0.3, -0.25) is 0 Å². The van der Waals surface area contributed by atoms with Gasteiger partial charge in [-0.1, -0.05) is 50.8 Å². The number of rotatable bonds is 7. The molecule has 2 rings (SSSR count). The minimum Gasteiger partial charge on any atom is -0.494 e. The summed E-state index contributed by atoms with van der Waals surface area (Å²) in [5.41, 5.74) is -1.83. The van der Waals surface area contributed by atoms with Crippen LogP contribution in [0.4, 0.5) is 13.2 Å². The van der Waals surface area contributed by atoms with E-state index in [0.29, 0.717) is 17.9 Å². The lowest BCUT2D eigenvalue weighted by Crippen LogP contribution is -2.49. The molecule has 1 aliphatic heterocycles. The molecule has 1 atom stereocenters. The van der Waals surface area contributed by atoms with Crippen LogP contribution in [-0.4, -0.2) is 18.4 Å². The third kappa shape index (κ3) is 4.00. The Labute approximate surface area is 145 Å². The molecule has 134 valence electrons. The second-order valence-electron chi connectivity index (χ2n) is 5.91. The molecule has 0 bridgehead atoms. The van der Waals surface area contributed by atoms with E-state index in [-0.39, 0.29) is 17.2 Å². The SMILES string of the molecule is CCCCCCOc1cc(Cl)c2c(c1)C=CC(CC)(C(F)(F)F)O2. The van der Waals surface area contributed by atoms with Crippen LogP contribution in [0.15, 0.2) is 18.2 Å². The van der Waals surface area contributed by atoms with E-state index in [1.807, 2.05) is 0 Å². The molecule has 1 aromatic rings. The molecule has 1 unspecified atom stereocenters. The Bertz CT molecular complexity index is 599. The molecule has 0 fully saturated rings. The van der Waals surface area contributed by atoms with Gasteiger partial charge >= 0.3 is 6.18 Å². The second-order valence-corrected chi connectivity index (χ2v) is 6.32. The van der Waals surface area contributed by atoms with Crippen LogP contribution in [0.3, 0.4) is 0 Å². The van der Waals surface area contributed by atoms with E-state index in [2.05, 4.69) is 6.92 Å². The van der Waals surface area contributed by atoms with Crippen molar-refractivity contribution < 1.29 is 22.6 Å². The highest BCUT2D eigenvalue weighted by Gasteiger charge is 2.55. The number of halogens is 4. The molecule has 0 aromatic heterocycles. The first-order valence-electron chi connectivity index (χ1n) is 8.24. The smallest absolute Gasteiger partial charge is 0.432 e. The van der Waals surface area contributed by atoms with Gasteiger partial charge in [-0.2, -0.15) is 13.2 Å². The highest BCUT2D eigenvalue weighted by Crippen LogP contribution is 2.46. The topological polar surface area (TPSA) is 18.5 Å². The number of benzene rings is 1. The molecule has 6 heteroatoms. The van der Waals surface area contributed by atoms with Crippen molar-refractivity contribution in [1.82, 2.24) is 0 Å². The molecule has 24 heavy (non-hydrogen) atoms. The van der Waals surface area contributed by atoms with Crippen molar-refractivity contribution in [3.05, 3.63) is 28.8 Å². The van der Waals surface area contributed by atoms with Gasteiger partial charge in [0.1, 0.15) is 11.5 Å². The average Bonchev–Trinajstić information content (AvgIpc) is 2.53. The Balaban J connectivity index is 2.15. The fourth-order valence-corrected chi connectivity index (χ4v) is 2.86. The van der Waals surface area contributed by atoms with Crippen LogP contribution in [-0.2, 0) is 0 Å². The zero-order chi connectivity index (χ0) is 17.8. The summed E-state index contributed by atoms with van der Waals surface area (Å²) >= 11 is 6.14. The van der Waals surface area contributed by atoms with Gasteiger partial charge in [0.15, 0.2) is 0 Å². The van der Waals surface area contributed by atoms with Crippen molar-refractivity contribution in [1.29, 1.82) is 0 Å². The van der Waals surface area contributed by atoms with Gasteiger partial charge in [0, 0.05) is 11.6 Å². The Morgan fingerprint density at radius 2 is 1.92 bits per heavy atom. The third-order valence-electron chi connectivity index (χ3n) is 4.13. The molecule has 0 saturated heterocycles. The summed E-state index contributed by atoms with van der Waals surface area (Å²) in [6.07, 6.45) is 2.05. The van der Waals surface area contributed by atoms with Crippen molar-refractivity contribution in [3.63, 3.8) is 0 Å². The maximum atomic E-state index is 13.3. The fraction of sp³-hybridized carbons (Fsp3) is 0.556. The van der Waals surface area contributed by atoms with E-state index < -0.39 is 11.8 Å². The van der Waals surface area contributed by atoms with Gasteiger partial charge in [0.05, 0.1) is 11.6 Å². The number of unbranched alkanes of at least 4 members (excludes halogenated alkanes) is 3. The average molecular weight is 363 g/mol. The maximum absolute atomic E-state index is 13.3. The molecule has 0 N–H and O–H groups in total. The minimum absolute atomic E-state index is 0.0525. The van der Waals surface area contributed by atoms with Gasteiger partial charge in [-0.15, -0.1) is 0 Å². The molecule has 0 aliphatic carbocycles. The number of ether oxygens (including phenoxy) is 2. The first-order chi connectivity index (χ1) is 11.3. The van der Waals surface area contributed by atoms with Gasteiger partial charge in [-0.25, -0.2) is 0 Å². The van der Waals surface area contributed by atoms with Crippen molar-refractivity contribution >= 4 is 17.7 Å². The summed E-state index contributed by atoms with van der Waals surface area (Å²) in [5, 5.41) is 0.127. The Morgan fingerprint density at radius 1 is 1.17 bits per heavy atom. The lowest BCUT2D eigenvalue weighted by Gasteiger charge is -2.36. The van der Waals surface area contributed by atoms with Gasteiger partial charge in [-0.05, 0) is 25.0 Å². The van der Waals surface area contributed by atoms with Crippen LogP contribution in [0.2, 0.25) is 5.02 Å². The lowest BCUT2D eigenvalue weighted by molar-refractivity contribution is -0.230. The van der Waals surface area contributed by atoms with Crippen molar-refractivity contribution in [3.8, 4) is 11.5 Å².